The van der Waals surface area contributed by atoms with Crippen molar-refractivity contribution < 1.29 is 19.0 Å². The van der Waals surface area contributed by atoms with Gasteiger partial charge in [0.15, 0.2) is 11.5 Å². The number of carbonyl (C=O) groups is 1. The molecule has 0 aliphatic carbocycles. The van der Waals surface area contributed by atoms with Crippen molar-refractivity contribution in [1.29, 1.82) is 0 Å². The van der Waals surface area contributed by atoms with Crippen LogP contribution in [0.25, 0.3) is 0 Å². The summed E-state index contributed by atoms with van der Waals surface area (Å²) in [6.07, 6.45) is 0.991. The first-order valence-electron chi connectivity index (χ1n) is 9.00. The lowest BCUT2D eigenvalue weighted by molar-refractivity contribution is -0.116. The summed E-state index contributed by atoms with van der Waals surface area (Å²) in [7, 11) is 0. The Labute approximate surface area is 163 Å². The van der Waals surface area contributed by atoms with Crippen molar-refractivity contribution >= 4 is 28.9 Å². The summed E-state index contributed by atoms with van der Waals surface area (Å²) in [5.41, 5.74) is 2.63. The van der Waals surface area contributed by atoms with Gasteiger partial charge < -0.3 is 24.4 Å². The molecule has 7 heteroatoms. The molecule has 0 spiro atoms. The Kier molecular flexibility index (Phi) is 5.36. The predicted molar refractivity (Wildman–Crippen MR) is 104 cm³/mol. The van der Waals surface area contributed by atoms with Gasteiger partial charge in [-0.15, -0.1) is 0 Å². The van der Waals surface area contributed by atoms with E-state index < -0.39 is 0 Å². The molecule has 1 amide bonds. The van der Waals surface area contributed by atoms with Gasteiger partial charge in [0.2, 0.25) is 12.7 Å². The minimum Gasteiger partial charge on any atom is -0.454 e. The number of benzene rings is 2. The number of halogens is 1. The number of anilines is 2. The molecule has 0 aromatic heterocycles. The molecule has 1 saturated heterocycles. The maximum Gasteiger partial charge on any atom is 0.231 e. The number of para-hydroxylation sites is 1. The molecule has 142 valence electrons. The van der Waals surface area contributed by atoms with Gasteiger partial charge in [-0.2, -0.15) is 0 Å². The zero-order valence-electron chi connectivity index (χ0n) is 14.9. The minimum absolute atomic E-state index is 0.0514. The van der Waals surface area contributed by atoms with E-state index in [0.29, 0.717) is 31.1 Å². The van der Waals surface area contributed by atoms with Crippen LogP contribution < -0.4 is 19.7 Å². The quantitative estimate of drug-likeness (QED) is 0.849. The fourth-order valence-corrected chi connectivity index (χ4v) is 3.59. The maximum atomic E-state index is 12.5. The van der Waals surface area contributed by atoms with Crippen LogP contribution in [0.2, 0.25) is 5.02 Å². The van der Waals surface area contributed by atoms with Crippen LogP contribution in [0.4, 0.5) is 11.4 Å². The van der Waals surface area contributed by atoms with E-state index in [4.69, 9.17) is 25.8 Å². The molecule has 0 radical (unpaired) electrons. The molecular weight excluding hydrogens is 368 g/mol. The number of aryl methyl sites for hydroxylation is 1. The third-order valence-electron chi connectivity index (χ3n) is 4.67. The van der Waals surface area contributed by atoms with Crippen molar-refractivity contribution in [3.8, 4) is 11.5 Å². The number of rotatable bonds is 5. The van der Waals surface area contributed by atoms with Gasteiger partial charge in [-0.05, 0) is 36.2 Å². The molecule has 2 aliphatic heterocycles. The second kappa shape index (κ2) is 8.06. The van der Waals surface area contributed by atoms with Gasteiger partial charge in [-0.3, -0.25) is 4.79 Å². The Morgan fingerprint density at radius 3 is 2.78 bits per heavy atom. The van der Waals surface area contributed by atoms with Gasteiger partial charge in [0, 0.05) is 19.5 Å². The van der Waals surface area contributed by atoms with E-state index in [2.05, 4.69) is 10.2 Å². The van der Waals surface area contributed by atoms with Crippen LogP contribution in [0, 0.1) is 0 Å². The third kappa shape index (κ3) is 4.12. The summed E-state index contributed by atoms with van der Waals surface area (Å²) in [5.74, 6) is 1.43. The number of nitrogens with one attached hydrogen (secondary N) is 1. The lowest BCUT2D eigenvalue weighted by Crippen LogP contribution is -2.37. The van der Waals surface area contributed by atoms with E-state index in [9.17, 15) is 4.79 Å². The minimum atomic E-state index is -0.0514. The van der Waals surface area contributed by atoms with Crippen molar-refractivity contribution in [1.82, 2.24) is 0 Å². The standard InChI is InChI=1S/C20H21ClN2O4/c21-15-2-1-3-16(20(15)23-8-10-25-11-9-23)22-19(24)7-5-14-4-6-17-18(12-14)27-13-26-17/h1-4,6,12H,5,7-11,13H2,(H,22,24). The monoisotopic (exact) mass is 388 g/mol. The highest BCUT2D eigenvalue weighted by molar-refractivity contribution is 6.34. The van der Waals surface area contributed by atoms with E-state index in [-0.39, 0.29) is 12.7 Å². The van der Waals surface area contributed by atoms with Crippen LogP contribution in [-0.2, 0) is 16.0 Å². The van der Waals surface area contributed by atoms with Crippen LogP contribution >= 0.6 is 11.6 Å². The molecule has 0 atom stereocenters. The smallest absolute Gasteiger partial charge is 0.231 e. The second-order valence-corrected chi connectivity index (χ2v) is 6.88. The normalized spacial score (nSPS) is 15.7. The Morgan fingerprint density at radius 2 is 1.93 bits per heavy atom. The highest BCUT2D eigenvalue weighted by Crippen LogP contribution is 2.35. The topological polar surface area (TPSA) is 60.0 Å². The first-order valence-corrected chi connectivity index (χ1v) is 9.38. The highest BCUT2D eigenvalue weighted by Gasteiger charge is 2.19. The first-order chi connectivity index (χ1) is 13.2. The molecule has 0 bridgehead atoms. The molecule has 2 heterocycles. The third-order valence-corrected chi connectivity index (χ3v) is 4.97. The lowest BCUT2D eigenvalue weighted by atomic mass is 10.1. The molecule has 2 aliphatic rings. The van der Waals surface area contributed by atoms with Gasteiger partial charge >= 0.3 is 0 Å². The molecule has 0 saturated carbocycles. The molecule has 2 aromatic rings. The Morgan fingerprint density at radius 1 is 1.11 bits per heavy atom. The average molecular weight is 389 g/mol. The van der Waals surface area contributed by atoms with E-state index in [1.54, 1.807) is 0 Å². The Bertz CT molecular complexity index is 837. The molecule has 1 fully saturated rings. The van der Waals surface area contributed by atoms with Gasteiger partial charge in [0.1, 0.15) is 0 Å². The largest absolute Gasteiger partial charge is 0.454 e. The summed E-state index contributed by atoms with van der Waals surface area (Å²) in [6.45, 7) is 3.07. The number of amides is 1. The van der Waals surface area contributed by atoms with Gasteiger partial charge in [0.25, 0.3) is 0 Å². The fraction of sp³-hybridized carbons (Fsp3) is 0.350. The predicted octanol–water partition coefficient (Wildman–Crippen LogP) is 3.48. The number of fused-ring (bicyclic) bond motifs is 1. The SMILES string of the molecule is O=C(CCc1ccc2c(c1)OCO2)Nc1cccc(Cl)c1N1CCOCC1. The van der Waals surface area contributed by atoms with Crippen molar-refractivity contribution in [3.05, 3.63) is 47.0 Å². The van der Waals surface area contributed by atoms with Crippen molar-refractivity contribution in [2.75, 3.05) is 43.3 Å². The Hall–Kier alpha value is -2.44. The molecule has 6 nitrogen and oxygen atoms in total. The van der Waals surface area contributed by atoms with E-state index in [1.807, 2.05) is 36.4 Å². The van der Waals surface area contributed by atoms with E-state index in [1.165, 1.54) is 0 Å². The van der Waals surface area contributed by atoms with E-state index >= 15 is 0 Å². The molecule has 0 unspecified atom stereocenters. The van der Waals surface area contributed by atoms with Crippen LogP contribution in [-0.4, -0.2) is 39.0 Å². The first kappa shape index (κ1) is 17.9. The zero-order chi connectivity index (χ0) is 18.6. The Balaban J connectivity index is 1.41. The van der Waals surface area contributed by atoms with Crippen LogP contribution in [0.1, 0.15) is 12.0 Å². The molecule has 27 heavy (non-hydrogen) atoms. The average Bonchev–Trinajstić information content (AvgIpc) is 3.15. The molecule has 2 aromatic carbocycles. The maximum absolute atomic E-state index is 12.5. The molecule has 4 rings (SSSR count). The number of morpholine rings is 1. The van der Waals surface area contributed by atoms with Crippen LogP contribution in [0.15, 0.2) is 36.4 Å². The van der Waals surface area contributed by atoms with Crippen molar-refractivity contribution in [2.45, 2.75) is 12.8 Å². The summed E-state index contributed by atoms with van der Waals surface area (Å²) in [4.78, 5) is 14.7. The fourth-order valence-electron chi connectivity index (χ4n) is 3.29. The molecule has 1 N–H and O–H groups in total. The van der Waals surface area contributed by atoms with Crippen LogP contribution in [0.3, 0.4) is 0 Å². The van der Waals surface area contributed by atoms with Crippen molar-refractivity contribution in [3.63, 3.8) is 0 Å². The summed E-state index contributed by atoms with van der Waals surface area (Å²) < 4.78 is 16.1. The lowest BCUT2D eigenvalue weighted by Gasteiger charge is -2.31. The number of ether oxygens (including phenoxy) is 3. The van der Waals surface area contributed by atoms with Crippen LogP contribution in [0.5, 0.6) is 11.5 Å². The number of hydrogen-bond donors (Lipinski definition) is 1. The van der Waals surface area contributed by atoms with Crippen molar-refractivity contribution in [2.24, 2.45) is 0 Å². The molecular formula is C20H21ClN2O4. The number of hydrogen-bond acceptors (Lipinski definition) is 5. The zero-order valence-corrected chi connectivity index (χ0v) is 15.6. The highest BCUT2D eigenvalue weighted by atomic mass is 35.5. The van der Waals surface area contributed by atoms with Gasteiger partial charge in [0.05, 0.1) is 29.6 Å². The van der Waals surface area contributed by atoms with Gasteiger partial charge in [-0.1, -0.05) is 23.7 Å². The number of carbonyl (C=O) groups excluding carboxylic acids is 1. The summed E-state index contributed by atoms with van der Waals surface area (Å²) in [5, 5.41) is 3.64. The second-order valence-electron chi connectivity index (χ2n) is 6.47. The van der Waals surface area contributed by atoms with Gasteiger partial charge in [-0.25, -0.2) is 0 Å². The summed E-state index contributed by atoms with van der Waals surface area (Å²) >= 11 is 6.41. The van der Waals surface area contributed by atoms with E-state index in [0.717, 1.165) is 41.5 Å². The number of nitrogens with zero attached hydrogens (tertiary/aromatic N) is 1. The summed E-state index contributed by atoms with van der Waals surface area (Å²) in [6, 6.07) is 11.3.